The van der Waals surface area contributed by atoms with Gasteiger partial charge < -0.3 is 14.6 Å². The molecule has 0 bridgehead atoms. The van der Waals surface area contributed by atoms with Crippen LogP contribution in [0.25, 0.3) is 22.4 Å². The molecule has 0 amide bonds. The van der Waals surface area contributed by atoms with E-state index in [1.165, 1.54) is 10.4 Å². The number of nitrogens with zero attached hydrogens (tertiary/aromatic N) is 1. The van der Waals surface area contributed by atoms with Gasteiger partial charge in [0.15, 0.2) is 0 Å². The molecule has 9 heteroatoms. The molecule has 0 radical (unpaired) electrons. The van der Waals surface area contributed by atoms with Gasteiger partial charge in [-0.2, -0.15) is 4.31 Å². The van der Waals surface area contributed by atoms with Crippen molar-refractivity contribution in [2.24, 2.45) is 0 Å². The molecule has 2 aromatic carbocycles. The third-order valence-corrected chi connectivity index (χ3v) is 8.51. The zero-order chi connectivity index (χ0) is 22.0. The summed E-state index contributed by atoms with van der Waals surface area (Å²) in [5.74, 6) is -0.374. The van der Waals surface area contributed by atoms with Gasteiger partial charge >= 0.3 is 5.97 Å². The molecular weight excluding hydrogens is 438 g/mol. The molecule has 0 saturated carbocycles. The summed E-state index contributed by atoms with van der Waals surface area (Å²) in [5.41, 5.74) is 0.752. The number of benzene rings is 2. The van der Waals surface area contributed by atoms with E-state index in [4.69, 9.17) is 9.47 Å². The molecule has 1 aliphatic rings. The first-order valence-electron chi connectivity index (χ1n) is 9.59. The molecular formula is C22H21NO6S2. The van der Waals surface area contributed by atoms with Crippen molar-refractivity contribution in [3.05, 3.63) is 59.0 Å². The van der Waals surface area contributed by atoms with E-state index in [1.807, 2.05) is 36.4 Å². The fourth-order valence-electron chi connectivity index (χ4n) is 3.38. The molecule has 1 saturated heterocycles. The van der Waals surface area contributed by atoms with E-state index in [0.717, 1.165) is 27.9 Å². The lowest BCUT2D eigenvalue weighted by Gasteiger charge is -2.25. The minimum Gasteiger partial charge on any atom is -0.497 e. The number of carboxylic acid groups (broad SMARTS) is 1. The van der Waals surface area contributed by atoms with E-state index in [9.17, 15) is 18.3 Å². The van der Waals surface area contributed by atoms with Crippen LogP contribution >= 0.6 is 11.3 Å². The maximum absolute atomic E-state index is 12.9. The molecule has 1 aromatic heterocycles. The lowest BCUT2D eigenvalue weighted by Crippen LogP contribution is -2.40. The number of carboxylic acids is 1. The summed E-state index contributed by atoms with van der Waals surface area (Å²) in [4.78, 5) is 12.3. The second-order valence-corrected chi connectivity index (χ2v) is 10.2. The summed E-state index contributed by atoms with van der Waals surface area (Å²) in [7, 11) is -2.07. The van der Waals surface area contributed by atoms with Gasteiger partial charge in [-0.25, -0.2) is 13.2 Å². The molecule has 0 spiro atoms. The Labute approximate surface area is 184 Å². The fourth-order valence-corrected chi connectivity index (χ4v) is 6.26. The second-order valence-electron chi connectivity index (χ2n) is 6.97. The Hall–Kier alpha value is -2.72. The average molecular weight is 460 g/mol. The van der Waals surface area contributed by atoms with Gasteiger partial charge in [-0.3, -0.25) is 0 Å². The second kappa shape index (κ2) is 8.80. The number of thiophene rings is 1. The number of aliphatic carboxylic acids is 1. The first-order valence-corrected chi connectivity index (χ1v) is 11.8. The Balaban J connectivity index is 1.67. The van der Waals surface area contributed by atoms with Crippen molar-refractivity contribution in [2.75, 3.05) is 33.4 Å². The summed E-state index contributed by atoms with van der Waals surface area (Å²) in [6.07, 6.45) is 1.56. The Morgan fingerprint density at radius 3 is 2.52 bits per heavy atom. The van der Waals surface area contributed by atoms with E-state index in [1.54, 1.807) is 19.3 Å². The van der Waals surface area contributed by atoms with Crippen LogP contribution in [0.1, 0.15) is 10.4 Å². The number of rotatable bonds is 6. The standard InChI is InChI=1S/C22H21NO6S2/c1-28-18-5-4-16-12-15(2-3-17(16)14-18)13-19(22(24)25)20-6-7-21(30-20)31(26,27)23-8-10-29-11-9-23/h2-7,12-14H,8-11H2,1H3,(H,24,25)/b19-13-. The summed E-state index contributed by atoms with van der Waals surface area (Å²) in [6.45, 7) is 1.29. The minimum absolute atomic E-state index is 0.0429. The van der Waals surface area contributed by atoms with Crippen molar-refractivity contribution in [1.29, 1.82) is 0 Å². The van der Waals surface area contributed by atoms with Crippen LogP contribution in [-0.2, 0) is 19.6 Å². The summed E-state index contributed by atoms with van der Waals surface area (Å²) in [6, 6.07) is 14.3. The number of methoxy groups -OCH3 is 1. The lowest BCUT2D eigenvalue weighted by atomic mass is 10.0. The van der Waals surface area contributed by atoms with Gasteiger partial charge in [0.25, 0.3) is 10.0 Å². The van der Waals surface area contributed by atoms with Crippen molar-refractivity contribution >= 4 is 49.8 Å². The molecule has 162 valence electrons. The highest BCUT2D eigenvalue weighted by Crippen LogP contribution is 2.32. The quantitative estimate of drug-likeness (QED) is 0.567. The fraction of sp³-hybridized carbons (Fsp3) is 0.227. The lowest BCUT2D eigenvalue weighted by molar-refractivity contribution is -0.130. The molecule has 0 atom stereocenters. The highest BCUT2D eigenvalue weighted by atomic mass is 32.2. The van der Waals surface area contributed by atoms with Gasteiger partial charge in [0, 0.05) is 18.0 Å². The average Bonchev–Trinajstić information content (AvgIpc) is 3.28. The molecule has 3 aromatic rings. The maximum Gasteiger partial charge on any atom is 0.337 e. The van der Waals surface area contributed by atoms with Gasteiger partial charge in [0.1, 0.15) is 9.96 Å². The van der Waals surface area contributed by atoms with Crippen LogP contribution in [0.3, 0.4) is 0 Å². The summed E-state index contributed by atoms with van der Waals surface area (Å²) >= 11 is 0.962. The van der Waals surface area contributed by atoms with Crippen LogP contribution in [0.4, 0.5) is 0 Å². The molecule has 7 nitrogen and oxygen atoms in total. The Kier molecular flexibility index (Phi) is 6.10. The maximum atomic E-state index is 12.9. The van der Waals surface area contributed by atoms with E-state index in [2.05, 4.69) is 0 Å². The van der Waals surface area contributed by atoms with Gasteiger partial charge in [0.2, 0.25) is 0 Å². The number of morpholine rings is 1. The Morgan fingerprint density at radius 2 is 1.81 bits per heavy atom. The molecule has 4 rings (SSSR count). The largest absolute Gasteiger partial charge is 0.497 e. The number of fused-ring (bicyclic) bond motifs is 1. The van der Waals surface area contributed by atoms with Crippen molar-refractivity contribution in [2.45, 2.75) is 4.21 Å². The zero-order valence-electron chi connectivity index (χ0n) is 16.8. The van der Waals surface area contributed by atoms with Gasteiger partial charge in [-0.15, -0.1) is 11.3 Å². The first-order chi connectivity index (χ1) is 14.9. The zero-order valence-corrected chi connectivity index (χ0v) is 18.4. The van der Waals surface area contributed by atoms with E-state index in [-0.39, 0.29) is 9.78 Å². The number of ether oxygens (including phenoxy) is 2. The summed E-state index contributed by atoms with van der Waals surface area (Å²) in [5, 5.41) is 11.7. The third kappa shape index (κ3) is 4.49. The highest BCUT2D eigenvalue weighted by molar-refractivity contribution is 7.91. The minimum atomic E-state index is -3.67. The number of sulfonamides is 1. The van der Waals surface area contributed by atoms with Crippen LogP contribution in [0.2, 0.25) is 0 Å². The smallest absolute Gasteiger partial charge is 0.337 e. The SMILES string of the molecule is COc1ccc2cc(/C=C(\C(=O)O)c3ccc(S(=O)(=O)N4CCOCC4)s3)ccc2c1. The molecule has 0 unspecified atom stereocenters. The molecule has 2 heterocycles. The molecule has 1 aliphatic heterocycles. The summed E-state index contributed by atoms with van der Waals surface area (Å²) < 4.78 is 37.7. The van der Waals surface area contributed by atoms with Crippen molar-refractivity contribution in [3.63, 3.8) is 0 Å². The number of carbonyl (C=O) groups is 1. The van der Waals surface area contributed by atoms with Crippen LogP contribution in [-0.4, -0.2) is 57.2 Å². The van der Waals surface area contributed by atoms with Crippen LogP contribution < -0.4 is 4.74 Å². The van der Waals surface area contributed by atoms with Crippen molar-refractivity contribution < 1.29 is 27.8 Å². The van der Waals surface area contributed by atoms with Crippen LogP contribution in [0.15, 0.2) is 52.7 Å². The number of hydrogen-bond donors (Lipinski definition) is 1. The van der Waals surface area contributed by atoms with Gasteiger partial charge in [0.05, 0.1) is 25.9 Å². The molecule has 0 aliphatic carbocycles. The van der Waals surface area contributed by atoms with Crippen LogP contribution in [0, 0.1) is 0 Å². The first kappa shape index (κ1) is 21.5. The van der Waals surface area contributed by atoms with Crippen LogP contribution in [0.5, 0.6) is 5.75 Å². The Bertz CT molecular complexity index is 1260. The van der Waals surface area contributed by atoms with E-state index in [0.29, 0.717) is 36.7 Å². The van der Waals surface area contributed by atoms with E-state index >= 15 is 0 Å². The van der Waals surface area contributed by atoms with Gasteiger partial charge in [-0.1, -0.05) is 18.2 Å². The Morgan fingerprint density at radius 1 is 1.10 bits per heavy atom. The number of hydrogen-bond acceptors (Lipinski definition) is 6. The molecule has 1 N–H and O–H groups in total. The monoisotopic (exact) mass is 459 g/mol. The predicted octanol–water partition coefficient (Wildman–Crippen LogP) is 3.56. The van der Waals surface area contributed by atoms with E-state index < -0.39 is 16.0 Å². The molecule has 31 heavy (non-hydrogen) atoms. The molecule has 1 fully saturated rings. The van der Waals surface area contributed by atoms with Crippen molar-refractivity contribution in [1.82, 2.24) is 4.31 Å². The topological polar surface area (TPSA) is 93.1 Å². The normalized spacial score (nSPS) is 15.8. The highest BCUT2D eigenvalue weighted by Gasteiger charge is 2.28. The van der Waals surface area contributed by atoms with Gasteiger partial charge in [-0.05, 0) is 52.7 Å². The predicted molar refractivity (Wildman–Crippen MR) is 120 cm³/mol. The third-order valence-electron chi connectivity index (χ3n) is 5.02. The van der Waals surface area contributed by atoms with Crippen molar-refractivity contribution in [3.8, 4) is 5.75 Å².